The van der Waals surface area contributed by atoms with Crippen molar-refractivity contribution >= 4 is 65.7 Å². The number of furan rings is 2. The maximum absolute atomic E-state index is 6.31. The molecule has 0 amide bonds. The summed E-state index contributed by atoms with van der Waals surface area (Å²) in [5, 5.41) is 6.78. The molecule has 0 bridgehead atoms. The number of hydrogen-bond acceptors (Lipinski definition) is 4. The first kappa shape index (κ1) is 27.9. The van der Waals surface area contributed by atoms with Crippen molar-refractivity contribution in [3.63, 3.8) is 0 Å². The highest BCUT2D eigenvalue weighted by Crippen LogP contribution is 2.41. The molecule has 11 aromatic rings. The quantitative estimate of drug-likeness (QED) is 0.190. The molecule has 7 aromatic carbocycles. The van der Waals surface area contributed by atoms with Crippen molar-refractivity contribution in [2.75, 3.05) is 0 Å². The van der Waals surface area contributed by atoms with Gasteiger partial charge in [0.05, 0.1) is 22.4 Å². The molecule has 0 fully saturated rings. The van der Waals surface area contributed by atoms with Gasteiger partial charge in [-0.1, -0.05) is 97.1 Å². The summed E-state index contributed by atoms with van der Waals surface area (Å²) in [6.45, 7) is 0. The van der Waals surface area contributed by atoms with E-state index < -0.39 is 0 Å². The highest BCUT2D eigenvalue weighted by molar-refractivity contribution is 6.27. The number of nitrogens with zero attached hydrogens (tertiary/aromatic N) is 3. The zero-order valence-corrected chi connectivity index (χ0v) is 27.2. The first-order chi connectivity index (χ1) is 25.3. The van der Waals surface area contributed by atoms with Gasteiger partial charge in [0.15, 0.2) is 5.82 Å². The minimum Gasteiger partial charge on any atom is -0.456 e. The molecule has 0 saturated carbocycles. The van der Waals surface area contributed by atoms with Gasteiger partial charge in [-0.05, 0) is 66.7 Å². The number of aromatic nitrogens is 3. The molecule has 5 heteroatoms. The fourth-order valence-corrected chi connectivity index (χ4v) is 7.70. The second kappa shape index (κ2) is 10.8. The van der Waals surface area contributed by atoms with E-state index in [4.69, 9.17) is 18.8 Å². The van der Waals surface area contributed by atoms with Gasteiger partial charge in [-0.2, -0.15) is 0 Å². The van der Waals surface area contributed by atoms with Gasteiger partial charge in [-0.25, -0.2) is 9.97 Å². The highest BCUT2D eigenvalue weighted by Gasteiger charge is 2.19. The Morgan fingerprint density at radius 2 is 1.02 bits per heavy atom. The fourth-order valence-electron chi connectivity index (χ4n) is 7.70. The van der Waals surface area contributed by atoms with Crippen LogP contribution < -0.4 is 0 Å². The van der Waals surface area contributed by atoms with Crippen molar-refractivity contribution in [3.8, 4) is 39.6 Å². The number of para-hydroxylation sites is 3. The molecule has 0 aliphatic carbocycles. The highest BCUT2D eigenvalue weighted by atomic mass is 16.3. The normalized spacial score (nSPS) is 11.9. The lowest BCUT2D eigenvalue weighted by Gasteiger charge is -2.12. The Labute approximate surface area is 291 Å². The topological polar surface area (TPSA) is 57.0 Å². The number of rotatable bonds is 4. The molecular weight excluding hydrogens is 627 g/mol. The van der Waals surface area contributed by atoms with E-state index in [9.17, 15) is 0 Å². The second-order valence-corrected chi connectivity index (χ2v) is 13.0. The van der Waals surface area contributed by atoms with Crippen LogP contribution in [0.2, 0.25) is 0 Å². The number of benzene rings is 7. The van der Waals surface area contributed by atoms with Gasteiger partial charge >= 0.3 is 0 Å². The molecule has 0 spiro atoms. The van der Waals surface area contributed by atoms with Gasteiger partial charge in [0.25, 0.3) is 0 Å². The molecule has 0 unspecified atom stereocenters. The zero-order chi connectivity index (χ0) is 33.5. The first-order valence-corrected chi connectivity index (χ1v) is 17.1. The Bertz CT molecular complexity index is 3150. The standard InChI is InChI=1S/C46H27N3O2/c1-2-11-28(12-3-1)36-27-37(29-21-23-42-35(26-29)32-15-5-8-19-40(32)50-42)48-46(47-36)30-13-10-14-31(25-30)49-38-18-7-4-16-33(38)44-39(49)22-24-43-45(44)34-17-6-9-20-41(34)51-43/h1-27H. The van der Waals surface area contributed by atoms with Crippen molar-refractivity contribution < 1.29 is 8.83 Å². The zero-order valence-electron chi connectivity index (χ0n) is 27.2. The SMILES string of the molecule is c1ccc(-c2cc(-c3ccc4oc5ccccc5c4c3)nc(-c3cccc(-n4c5ccccc5c5c6c(ccc54)oc4ccccc46)c3)n2)cc1. The van der Waals surface area contributed by atoms with E-state index in [0.717, 1.165) is 88.7 Å². The van der Waals surface area contributed by atoms with E-state index in [2.05, 4.69) is 114 Å². The lowest BCUT2D eigenvalue weighted by molar-refractivity contribution is 0.668. The van der Waals surface area contributed by atoms with Gasteiger partial charge in [0.2, 0.25) is 0 Å². The summed E-state index contributed by atoms with van der Waals surface area (Å²) in [7, 11) is 0. The molecule has 0 atom stereocenters. The third-order valence-electron chi connectivity index (χ3n) is 10.0. The van der Waals surface area contributed by atoms with Gasteiger partial charge in [0.1, 0.15) is 22.3 Å². The van der Waals surface area contributed by atoms with E-state index in [1.54, 1.807) is 0 Å². The van der Waals surface area contributed by atoms with Gasteiger partial charge in [-0.3, -0.25) is 0 Å². The lowest BCUT2D eigenvalue weighted by atomic mass is 10.0. The molecule has 4 aromatic heterocycles. The molecule has 0 saturated heterocycles. The van der Waals surface area contributed by atoms with Crippen molar-refractivity contribution in [3.05, 3.63) is 164 Å². The molecule has 0 aliphatic rings. The van der Waals surface area contributed by atoms with Gasteiger partial charge in [-0.15, -0.1) is 0 Å². The summed E-state index contributed by atoms with van der Waals surface area (Å²) in [5.74, 6) is 0.661. The van der Waals surface area contributed by atoms with Crippen LogP contribution in [0.25, 0.3) is 105 Å². The average Bonchev–Trinajstić information content (AvgIpc) is 3.87. The summed E-state index contributed by atoms with van der Waals surface area (Å²) in [4.78, 5) is 10.4. The van der Waals surface area contributed by atoms with Crippen LogP contribution in [0.4, 0.5) is 0 Å². The fraction of sp³-hybridized carbons (Fsp3) is 0. The summed E-state index contributed by atoms with van der Waals surface area (Å²) >= 11 is 0. The number of fused-ring (bicyclic) bond motifs is 10. The second-order valence-electron chi connectivity index (χ2n) is 13.0. The Morgan fingerprint density at radius 3 is 1.88 bits per heavy atom. The minimum absolute atomic E-state index is 0.661. The molecule has 11 rings (SSSR count). The lowest BCUT2D eigenvalue weighted by Crippen LogP contribution is -1.98. The summed E-state index contributed by atoms with van der Waals surface area (Å²) < 4.78 is 14.8. The summed E-state index contributed by atoms with van der Waals surface area (Å²) in [5.41, 5.74) is 11.5. The molecule has 0 N–H and O–H groups in total. The maximum atomic E-state index is 6.31. The molecular formula is C46H27N3O2. The molecule has 51 heavy (non-hydrogen) atoms. The largest absolute Gasteiger partial charge is 0.456 e. The molecule has 0 radical (unpaired) electrons. The van der Waals surface area contributed by atoms with E-state index in [-0.39, 0.29) is 0 Å². The van der Waals surface area contributed by atoms with E-state index >= 15 is 0 Å². The molecule has 5 nitrogen and oxygen atoms in total. The van der Waals surface area contributed by atoms with Crippen LogP contribution in [0.1, 0.15) is 0 Å². The predicted molar refractivity (Wildman–Crippen MR) is 207 cm³/mol. The Kier molecular flexibility index (Phi) is 5.89. The van der Waals surface area contributed by atoms with Crippen LogP contribution >= 0.6 is 0 Å². The summed E-state index contributed by atoms with van der Waals surface area (Å²) in [6.07, 6.45) is 0. The smallest absolute Gasteiger partial charge is 0.160 e. The molecule has 0 aliphatic heterocycles. The Morgan fingerprint density at radius 1 is 0.373 bits per heavy atom. The van der Waals surface area contributed by atoms with Crippen molar-refractivity contribution in [2.45, 2.75) is 0 Å². The van der Waals surface area contributed by atoms with Crippen LogP contribution in [-0.4, -0.2) is 14.5 Å². The van der Waals surface area contributed by atoms with Crippen molar-refractivity contribution in [2.24, 2.45) is 0 Å². The monoisotopic (exact) mass is 653 g/mol. The average molecular weight is 654 g/mol. The van der Waals surface area contributed by atoms with Crippen molar-refractivity contribution in [1.29, 1.82) is 0 Å². The minimum atomic E-state index is 0.661. The van der Waals surface area contributed by atoms with Gasteiger partial charge in [0, 0.05) is 54.7 Å². The Hall–Kier alpha value is -6.98. The molecule has 238 valence electrons. The third-order valence-corrected chi connectivity index (χ3v) is 10.0. The first-order valence-electron chi connectivity index (χ1n) is 17.1. The van der Waals surface area contributed by atoms with Crippen LogP contribution in [0.3, 0.4) is 0 Å². The number of hydrogen-bond donors (Lipinski definition) is 0. The van der Waals surface area contributed by atoms with Crippen LogP contribution in [-0.2, 0) is 0 Å². The molecule has 4 heterocycles. The third kappa shape index (κ3) is 4.28. The van der Waals surface area contributed by atoms with Crippen LogP contribution in [0.5, 0.6) is 0 Å². The van der Waals surface area contributed by atoms with Crippen LogP contribution in [0.15, 0.2) is 173 Å². The van der Waals surface area contributed by atoms with E-state index in [1.807, 2.05) is 54.6 Å². The van der Waals surface area contributed by atoms with Crippen LogP contribution in [0, 0.1) is 0 Å². The summed E-state index contributed by atoms with van der Waals surface area (Å²) in [6, 6.07) is 56.6. The van der Waals surface area contributed by atoms with E-state index in [0.29, 0.717) is 5.82 Å². The predicted octanol–water partition coefficient (Wildman–Crippen LogP) is 12.4. The van der Waals surface area contributed by atoms with Gasteiger partial charge < -0.3 is 13.4 Å². The Balaban J connectivity index is 1.12. The maximum Gasteiger partial charge on any atom is 0.160 e. The van der Waals surface area contributed by atoms with E-state index in [1.165, 1.54) is 10.8 Å². The van der Waals surface area contributed by atoms with Crippen molar-refractivity contribution in [1.82, 2.24) is 14.5 Å².